The van der Waals surface area contributed by atoms with Gasteiger partial charge in [-0.3, -0.25) is 4.79 Å². The van der Waals surface area contributed by atoms with Gasteiger partial charge in [-0.15, -0.1) is 0 Å². The van der Waals surface area contributed by atoms with E-state index in [4.69, 9.17) is 9.84 Å². The second kappa shape index (κ2) is 5.48. The maximum Gasteiger partial charge on any atom is 0.335 e. The molecule has 0 radical (unpaired) electrons. The summed E-state index contributed by atoms with van der Waals surface area (Å²) in [6.45, 7) is 0.325. The molecule has 1 amide bonds. The van der Waals surface area contributed by atoms with Crippen molar-refractivity contribution in [3.63, 3.8) is 0 Å². The molecule has 0 bridgehead atoms. The second-order valence-corrected chi connectivity index (χ2v) is 4.92. The molecule has 6 heteroatoms. The van der Waals surface area contributed by atoms with Crippen LogP contribution in [0.4, 0.5) is 4.39 Å². The van der Waals surface area contributed by atoms with E-state index in [0.717, 1.165) is 5.56 Å². The molecule has 0 unspecified atom stereocenters. The Morgan fingerprint density at radius 2 is 1.95 bits per heavy atom. The minimum atomic E-state index is -1.11. The fourth-order valence-electron chi connectivity index (χ4n) is 2.26. The van der Waals surface area contributed by atoms with Crippen LogP contribution >= 0.6 is 0 Å². The highest BCUT2D eigenvalue weighted by molar-refractivity contribution is 6.00. The molecule has 0 saturated heterocycles. The van der Waals surface area contributed by atoms with Crippen molar-refractivity contribution in [3.05, 3.63) is 65.0 Å². The number of carbonyl (C=O) groups excluding carboxylic acids is 1. The van der Waals surface area contributed by atoms with Crippen LogP contribution in [0, 0.1) is 5.82 Å². The first-order valence-electron chi connectivity index (χ1n) is 6.58. The van der Waals surface area contributed by atoms with Crippen molar-refractivity contribution < 1.29 is 23.8 Å². The van der Waals surface area contributed by atoms with Crippen LogP contribution < -0.4 is 4.74 Å². The molecule has 3 rings (SSSR count). The zero-order valence-electron chi connectivity index (χ0n) is 11.5. The topological polar surface area (TPSA) is 66.8 Å². The quantitative estimate of drug-likeness (QED) is 0.946. The lowest BCUT2D eigenvalue weighted by Crippen LogP contribution is -2.38. The van der Waals surface area contributed by atoms with Crippen molar-refractivity contribution in [2.45, 2.75) is 6.54 Å². The summed E-state index contributed by atoms with van der Waals surface area (Å²) in [7, 11) is 0. The third kappa shape index (κ3) is 2.63. The molecule has 1 aliphatic heterocycles. The Balaban J connectivity index is 1.85. The molecule has 22 heavy (non-hydrogen) atoms. The number of benzene rings is 2. The summed E-state index contributed by atoms with van der Waals surface area (Å²) < 4.78 is 18.4. The Hall–Kier alpha value is -2.89. The fraction of sp³-hybridized carbons (Fsp3) is 0.125. The van der Waals surface area contributed by atoms with Gasteiger partial charge in [0.2, 0.25) is 0 Å². The summed E-state index contributed by atoms with van der Waals surface area (Å²) in [6, 6.07) is 9.99. The average molecular weight is 301 g/mol. The largest absolute Gasteiger partial charge is 0.478 e. The number of halogens is 1. The third-order valence-corrected chi connectivity index (χ3v) is 3.41. The lowest BCUT2D eigenvalue weighted by Gasteiger charge is -2.29. The molecule has 0 saturated carbocycles. The SMILES string of the molecule is O=C(O)c1ccc2c(c1)C(=O)N(Cc1ccc(F)cc1)CO2. The minimum Gasteiger partial charge on any atom is -0.478 e. The van der Waals surface area contributed by atoms with Gasteiger partial charge in [-0.25, -0.2) is 9.18 Å². The van der Waals surface area contributed by atoms with Gasteiger partial charge in [0.1, 0.15) is 11.6 Å². The summed E-state index contributed by atoms with van der Waals surface area (Å²) in [6.07, 6.45) is 0. The molecular formula is C16H12FNO4. The zero-order valence-corrected chi connectivity index (χ0v) is 11.5. The molecule has 0 fully saturated rings. The van der Waals surface area contributed by atoms with Crippen LogP contribution in [0.15, 0.2) is 42.5 Å². The van der Waals surface area contributed by atoms with Crippen LogP contribution in [0.2, 0.25) is 0 Å². The van der Waals surface area contributed by atoms with E-state index in [1.165, 1.54) is 35.2 Å². The van der Waals surface area contributed by atoms with Crippen LogP contribution in [0.5, 0.6) is 5.75 Å². The highest BCUT2D eigenvalue weighted by Gasteiger charge is 2.26. The minimum absolute atomic E-state index is 0.0272. The summed E-state index contributed by atoms with van der Waals surface area (Å²) in [5.41, 5.74) is 1.00. The van der Waals surface area contributed by atoms with E-state index < -0.39 is 5.97 Å². The van der Waals surface area contributed by atoms with Gasteiger partial charge >= 0.3 is 5.97 Å². The number of rotatable bonds is 3. The highest BCUT2D eigenvalue weighted by atomic mass is 19.1. The first kappa shape index (κ1) is 14.1. The van der Waals surface area contributed by atoms with Crippen molar-refractivity contribution in [1.82, 2.24) is 4.90 Å². The van der Waals surface area contributed by atoms with Crippen molar-refractivity contribution in [1.29, 1.82) is 0 Å². The molecule has 1 heterocycles. The van der Waals surface area contributed by atoms with Crippen molar-refractivity contribution >= 4 is 11.9 Å². The third-order valence-electron chi connectivity index (χ3n) is 3.41. The monoisotopic (exact) mass is 301 g/mol. The van der Waals surface area contributed by atoms with Gasteiger partial charge in [0.15, 0.2) is 6.73 Å². The Kier molecular flexibility index (Phi) is 3.50. The van der Waals surface area contributed by atoms with Crippen LogP contribution in [-0.2, 0) is 6.54 Å². The van der Waals surface area contributed by atoms with E-state index in [2.05, 4.69) is 0 Å². The Morgan fingerprint density at radius 1 is 1.23 bits per heavy atom. The molecule has 1 N–H and O–H groups in total. The maximum absolute atomic E-state index is 12.9. The maximum atomic E-state index is 12.9. The van der Waals surface area contributed by atoms with Crippen LogP contribution in [-0.4, -0.2) is 28.6 Å². The van der Waals surface area contributed by atoms with E-state index >= 15 is 0 Å². The van der Waals surface area contributed by atoms with Crippen LogP contribution in [0.1, 0.15) is 26.3 Å². The lowest BCUT2D eigenvalue weighted by molar-refractivity contribution is 0.0498. The lowest BCUT2D eigenvalue weighted by atomic mass is 10.1. The number of carbonyl (C=O) groups is 2. The number of hydrogen-bond acceptors (Lipinski definition) is 3. The van der Waals surface area contributed by atoms with Gasteiger partial charge in [0, 0.05) is 6.54 Å². The molecule has 2 aromatic rings. The number of carboxylic acid groups (broad SMARTS) is 1. The molecule has 112 valence electrons. The second-order valence-electron chi connectivity index (χ2n) is 4.92. The molecule has 2 aromatic carbocycles. The number of amides is 1. The molecule has 5 nitrogen and oxygen atoms in total. The van der Waals surface area contributed by atoms with Crippen LogP contribution in [0.25, 0.3) is 0 Å². The zero-order chi connectivity index (χ0) is 15.7. The number of carboxylic acids is 1. The summed E-state index contributed by atoms with van der Waals surface area (Å²) in [5, 5.41) is 9.00. The van der Waals surface area contributed by atoms with Gasteiger partial charge in [-0.2, -0.15) is 0 Å². The number of ether oxygens (including phenoxy) is 1. The molecule has 0 spiro atoms. The first-order valence-corrected chi connectivity index (χ1v) is 6.58. The molecule has 0 aromatic heterocycles. The first-order chi connectivity index (χ1) is 10.5. The van der Waals surface area contributed by atoms with E-state index in [9.17, 15) is 14.0 Å². The van der Waals surface area contributed by atoms with Crippen LogP contribution in [0.3, 0.4) is 0 Å². The highest BCUT2D eigenvalue weighted by Crippen LogP contribution is 2.27. The number of aromatic carboxylic acids is 1. The standard InChI is InChI=1S/C16H12FNO4/c17-12-4-1-10(2-5-12)8-18-9-22-14-6-3-11(16(20)21)7-13(14)15(18)19/h1-7H,8-9H2,(H,20,21). The summed E-state index contributed by atoms with van der Waals surface area (Å²) in [4.78, 5) is 24.9. The fourth-order valence-corrected chi connectivity index (χ4v) is 2.26. The predicted molar refractivity (Wildman–Crippen MR) is 75.2 cm³/mol. The van der Waals surface area contributed by atoms with Crippen molar-refractivity contribution in [3.8, 4) is 5.75 Å². The van der Waals surface area contributed by atoms with E-state index in [1.54, 1.807) is 12.1 Å². The number of nitrogens with zero attached hydrogens (tertiary/aromatic N) is 1. The van der Waals surface area contributed by atoms with E-state index in [0.29, 0.717) is 5.75 Å². The predicted octanol–water partition coefficient (Wildman–Crippen LogP) is 2.52. The number of hydrogen-bond donors (Lipinski definition) is 1. The van der Waals surface area contributed by atoms with E-state index in [1.807, 2.05) is 0 Å². The van der Waals surface area contributed by atoms with Gasteiger partial charge in [-0.05, 0) is 35.9 Å². The number of fused-ring (bicyclic) bond motifs is 1. The summed E-state index contributed by atoms with van der Waals surface area (Å²) in [5.74, 6) is -1.40. The Bertz CT molecular complexity index is 742. The molecular weight excluding hydrogens is 289 g/mol. The van der Waals surface area contributed by atoms with E-state index in [-0.39, 0.29) is 36.1 Å². The molecule has 1 aliphatic rings. The Labute approximate surface area is 125 Å². The smallest absolute Gasteiger partial charge is 0.335 e. The molecule has 0 atom stereocenters. The van der Waals surface area contributed by atoms with Gasteiger partial charge < -0.3 is 14.7 Å². The average Bonchev–Trinajstić information content (AvgIpc) is 2.52. The van der Waals surface area contributed by atoms with Gasteiger partial charge in [0.05, 0.1) is 11.1 Å². The van der Waals surface area contributed by atoms with Gasteiger partial charge in [0.25, 0.3) is 5.91 Å². The normalized spacial score (nSPS) is 13.5. The van der Waals surface area contributed by atoms with Gasteiger partial charge in [-0.1, -0.05) is 12.1 Å². The van der Waals surface area contributed by atoms with Crippen molar-refractivity contribution in [2.24, 2.45) is 0 Å². The summed E-state index contributed by atoms with van der Waals surface area (Å²) >= 11 is 0. The Morgan fingerprint density at radius 3 is 2.64 bits per heavy atom. The molecule has 0 aliphatic carbocycles. The van der Waals surface area contributed by atoms with Crippen molar-refractivity contribution in [2.75, 3.05) is 6.73 Å².